The Hall–Kier alpha value is -0.900. The highest BCUT2D eigenvalue weighted by atomic mass is 16.5. The predicted molar refractivity (Wildman–Crippen MR) is 74.9 cm³/mol. The molecule has 1 saturated heterocycles. The maximum atomic E-state index is 12.3. The summed E-state index contributed by atoms with van der Waals surface area (Å²) in [4.78, 5) is 26.3. The van der Waals surface area contributed by atoms with E-state index in [4.69, 9.17) is 4.74 Å². The summed E-state index contributed by atoms with van der Waals surface area (Å²) in [6.07, 6.45) is 3.49. The normalized spacial score (nSPS) is 21.8. The van der Waals surface area contributed by atoms with Gasteiger partial charge in [0.2, 0.25) is 0 Å². The molecule has 0 radical (unpaired) electrons. The number of carbonyl (C=O) groups excluding carboxylic acids is 2. The molecule has 0 N–H and O–H groups in total. The molecule has 0 saturated carbocycles. The molecular formula is C15H27NO3. The van der Waals surface area contributed by atoms with Crippen molar-refractivity contribution in [2.45, 2.75) is 47.0 Å². The highest BCUT2D eigenvalue weighted by Crippen LogP contribution is 2.21. The Balaban J connectivity index is 2.55. The van der Waals surface area contributed by atoms with E-state index in [-0.39, 0.29) is 5.78 Å². The van der Waals surface area contributed by atoms with Crippen LogP contribution < -0.4 is 0 Å². The van der Waals surface area contributed by atoms with Gasteiger partial charge in [-0.05, 0) is 59.0 Å². The quantitative estimate of drug-likeness (QED) is 0.567. The molecule has 0 bridgehead atoms. The molecule has 1 heterocycles. The lowest BCUT2D eigenvalue weighted by Crippen LogP contribution is -2.42. The third-order valence-electron chi connectivity index (χ3n) is 3.96. The van der Waals surface area contributed by atoms with E-state index in [1.165, 1.54) is 6.42 Å². The number of esters is 1. The molecule has 4 nitrogen and oxygen atoms in total. The topological polar surface area (TPSA) is 46.6 Å². The van der Waals surface area contributed by atoms with Crippen LogP contribution in [-0.4, -0.2) is 42.9 Å². The molecule has 0 amide bonds. The first-order chi connectivity index (χ1) is 8.87. The molecule has 1 aliphatic heterocycles. The molecule has 4 heteroatoms. The summed E-state index contributed by atoms with van der Waals surface area (Å²) >= 11 is 0. The fraction of sp³-hybridized carbons (Fsp3) is 0.867. The first-order valence-corrected chi connectivity index (χ1v) is 7.30. The van der Waals surface area contributed by atoms with Crippen LogP contribution in [0, 0.1) is 11.3 Å². The fourth-order valence-electron chi connectivity index (χ4n) is 2.31. The summed E-state index contributed by atoms with van der Waals surface area (Å²) in [7, 11) is 0. The Morgan fingerprint density at radius 2 is 1.95 bits per heavy atom. The van der Waals surface area contributed by atoms with Crippen molar-refractivity contribution in [1.82, 2.24) is 4.90 Å². The van der Waals surface area contributed by atoms with E-state index < -0.39 is 11.4 Å². The molecule has 0 aromatic rings. The molecular weight excluding hydrogens is 242 g/mol. The lowest BCUT2D eigenvalue weighted by Gasteiger charge is -2.25. The summed E-state index contributed by atoms with van der Waals surface area (Å²) < 4.78 is 4.98. The third-order valence-corrected chi connectivity index (χ3v) is 3.96. The average molecular weight is 269 g/mol. The van der Waals surface area contributed by atoms with E-state index in [9.17, 15) is 9.59 Å². The zero-order valence-corrected chi connectivity index (χ0v) is 12.7. The monoisotopic (exact) mass is 269 g/mol. The van der Waals surface area contributed by atoms with Gasteiger partial charge in [-0.3, -0.25) is 14.5 Å². The van der Waals surface area contributed by atoms with Crippen LogP contribution in [0.25, 0.3) is 0 Å². The summed E-state index contributed by atoms with van der Waals surface area (Å²) in [5, 5.41) is 0. The van der Waals surface area contributed by atoms with Gasteiger partial charge in [0.25, 0.3) is 0 Å². The number of carbonyl (C=O) groups is 2. The van der Waals surface area contributed by atoms with Gasteiger partial charge in [0, 0.05) is 0 Å². The van der Waals surface area contributed by atoms with Gasteiger partial charge in [0.15, 0.2) is 5.78 Å². The molecule has 0 aromatic heterocycles. The Morgan fingerprint density at radius 3 is 2.58 bits per heavy atom. The maximum absolute atomic E-state index is 12.3. The van der Waals surface area contributed by atoms with Crippen molar-refractivity contribution in [3.05, 3.63) is 0 Å². The minimum atomic E-state index is -1.03. The van der Waals surface area contributed by atoms with Crippen LogP contribution in [0.5, 0.6) is 0 Å². The van der Waals surface area contributed by atoms with Crippen LogP contribution in [0.4, 0.5) is 0 Å². The smallest absolute Gasteiger partial charge is 0.319 e. The molecule has 0 spiro atoms. The lowest BCUT2D eigenvalue weighted by atomic mass is 9.87. The Labute approximate surface area is 116 Å². The summed E-state index contributed by atoms with van der Waals surface area (Å²) in [6, 6.07) is 0. The first-order valence-electron chi connectivity index (χ1n) is 7.30. The van der Waals surface area contributed by atoms with Gasteiger partial charge in [-0.1, -0.05) is 6.92 Å². The van der Waals surface area contributed by atoms with Gasteiger partial charge in [0.05, 0.1) is 13.2 Å². The second-order valence-electron chi connectivity index (χ2n) is 6.08. The highest BCUT2D eigenvalue weighted by Gasteiger charge is 2.37. The number of hydrogen-bond donors (Lipinski definition) is 0. The van der Waals surface area contributed by atoms with E-state index in [2.05, 4.69) is 11.8 Å². The van der Waals surface area contributed by atoms with Crippen LogP contribution in [0.3, 0.4) is 0 Å². The number of rotatable bonds is 5. The van der Waals surface area contributed by atoms with Crippen LogP contribution in [0.15, 0.2) is 0 Å². The van der Waals surface area contributed by atoms with E-state index in [1.54, 1.807) is 20.8 Å². The van der Waals surface area contributed by atoms with Crippen molar-refractivity contribution in [1.29, 1.82) is 0 Å². The molecule has 110 valence electrons. The molecule has 1 rings (SSSR count). The van der Waals surface area contributed by atoms with Gasteiger partial charge in [-0.2, -0.15) is 0 Å². The minimum absolute atomic E-state index is 0.0412. The van der Waals surface area contributed by atoms with Crippen molar-refractivity contribution in [2.24, 2.45) is 11.3 Å². The van der Waals surface area contributed by atoms with Crippen molar-refractivity contribution in [3.63, 3.8) is 0 Å². The van der Waals surface area contributed by atoms with Crippen molar-refractivity contribution in [3.8, 4) is 0 Å². The molecule has 1 atom stereocenters. The van der Waals surface area contributed by atoms with Gasteiger partial charge in [0.1, 0.15) is 5.41 Å². The molecule has 19 heavy (non-hydrogen) atoms. The standard InChI is InChI=1S/C15H27NO3/c1-5-19-14(18)15(3,4)13(17)11-16-9-6-7-12(2)8-10-16/h12H,5-11H2,1-4H3. The van der Waals surface area contributed by atoms with Crippen LogP contribution in [0.1, 0.15) is 47.0 Å². The third kappa shape index (κ3) is 4.60. The van der Waals surface area contributed by atoms with Gasteiger partial charge in [-0.25, -0.2) is 0 Å². The number of likely N-dealkylation sites (tertiary alicyclic amines) is 1. The molecule has 1 aliphatic rings. The summed E-state index contributed by atoms with van der Waals surface area (Å²) in [5.74, 6) is 0.280. The van der Waals surface area contributed by atoms with Crippen molar-refractivity contribution in [2.75, 3.05) is 26.2 Å². The van der Waals surface area contributed by atoms with Crippen LogP contribution >= 0.6 is 0 Å². The molecule has 0 aliphatic carbocycles. The maximum Gasteiger partial charge on any atom is 0.319 e. The van der Waals surface area contributed by atoms with Gasteiger partial charge in [-0.15, -0.1) is 0 Å². The Morgan fingerprint density at radius 1 is 1.26 bits per heavy atom. The Bertz CT molecular complexity index is 325. The van der Waals surface area contributed by atoms with Crippen LogP contribution in [-0.2, 0) is 14.3 Å². The Kier molecular flexibility index (Phi) is 5.98. The fourth-order valence-corrected chi connectivity index (χ4v) is 2.31. The lowest BCUT2D eigenvalue weighted by molar-refractivity contribution is -0.158. The highest BCUT2D eigenvalue weighted by molar-refractivity contribution is 6.03. The van der Waals surface area contributed by atoms with Crippen molar-refractivity contribution >= 4 is 11.8 Å². The summed E-state index contributed by atoms with van der Waals surface area (Å²) in [5.41, 5.74) is -1.03. The molecule has 1 unspecified atom stereocenters. The van der Waals surface area contributed by atoms with Gasteiger partial charge >= 0.3 is 5.97 Å². The SMILES string of the molecule is CCOC(=O)C(C)(C)C(=O)CN1CCCC(C)CC1. The summed E-state index contributed by atoms with van der Waals surface area (Å²) in [6.45, 7) is 9.92. The molecule has 1 fully saturated rings. The van der Waals surface area contributed by atoms with Gasteiger partial charge < -0.3 is 4.74 Å². The van der Waals surface area contributed by atoms with E-state index >= 15 is 0 Å². The van der Waals surface area contributed by atoms with Crippen LogP contribution in [0.2, 0.25) is 0 Å². The first kappa shape index (κ1) is 16.2. The number of ether oxygens (including phenoxy) is 1. The second kappa shape index (κ2) is 7.04. The predicted octanol–water partition coefficient (Wildman–Crippen LogP) is 2.27. The zero-order valence-electron chi connectivity index (χ0n) is 12.7. The number of nitrogens with zero attached hydrogens (tertiary/aromatic N) is 1. The number of hydrogen-bond acceptors (Lipinski definition) is 4. The second-order valence-corrected chi connectivity index (χ2v) is 6.08. The average Bonchev–Trinajstić information content (AvgIpc) is 2.54. The number of Topliss-reactive ketones (excluding diaryl/α,β-unsaturated/α-hetero) is 1. The van der Waals surface area contributed by atoms with E-state index in [0.717, 1.165) is 31.8 Å². The zero-order chi connectivity index (χ0) is 14.5. The minimum Gasteiger partial charge on any atom is -0.465 e. The largest absolute Gasteiger partial charge is 0.465 e. The number of ketones is 1. The van der Waals surface area contributed by atoms with Crippen molar-refractivity contribution < 1.29 is 14.3 Å². The van der Waals surface area contributed by atoms with E-state index in [1.807, 2.05) is 0 Å². The van der Waals surface area contributed by atoms with E-state index in [0.29, 0.717) is 13.2 Å². The molecule has 0 aromatic carbocycles.